The second-order valence-electron chi connectivity index (χ2n) is 5.74. The number of methoxy groups -OCH3 is 1. The normalized spacial score (nSPS) is 10.6. The predicted octanol–water partition coefficient (Wildman–Crippen LogP) is 1.64. The first-order chi connectivity index (χ1) is 12.4. The van der Waals surface area contributed by atoms with Gasteiger partial charge in [0.2, 0.25) is 5.88 Å². The molecule has 0 spiro atoms. The van der Waals surface area contributed by atoms with Crippen LogP contribution < -0.4 is 4.74 Å². The fourth-order valence-corrected chi connectivity index (χ4v) is 2.35. The summed E-state index contributed by atoms with van der Waals surface area (Å²) in [5, 5.41) is 5.00. The van der Waals surface area contributed by atoms with Gasteiger partial charge in [0.15, 0.2) is 0 Å². The first kappa shape index (κ1) is 17.3. The van der Waals surface area contributed by atoms with E-state index in [4.69, 9.17) is 9.47 Å². The lowest BCUT2D eigenvalue weighted by molar-refractivity contribution is 0.0600. The summed E-state index contributed by atoms with van der Waals surface area (Å²) in [6.45, 7) is 0. The van der Waals surface area contributed by atoms with Gasteiger partial charge in [-0.25, -0.2) is 14.8 Å². The van der Waals surface area contributed by atoms with Gasteiger partial charge in [0.05, 0.1) is 36.0 Å². The third-order valence-electron chi connectivity index (χ3n) is 3.59. The Labute approximate surface area is 149 Å². The molecule has 0 saturated heterocycles. The molecule has 2 heterocycles. The number of aryl methyl sites for hydroxylation is 1. The smallest absolute Gasteiger partial charge is 0.338 e. The third-order valence-corrected chi connectivity index (χ3v) is 3.59. The topological polar surface area (TPSA) is 99.4 Å². The van der Waals surface area contributed by atoms with Crippen molar-refractivity contribution in [1.82, 2.24) is 24.6 Å². The van der Waals surface area contributed by atoms with Crippen LogP contribution in [0.5, 0.6) is 11.6 Å². The van der Waals surface area contributed by atoms with Crippen molar-refractivity contribution in [3.05, 3.63) is 42.0 Å². The Bertz CT molecular complexity index is 979. The van der Waals surface area contributed by atoms with Crippen LogP contribution in [0.3, 0.4) is 0 Å². The molecule has 0 radical (unpaired) electrons. The maximum absolute atomic E-state index is 11.9. The molecule has 9 heteroatoms. The molecule has 0 unspecified atom stereocenters. The van der Waals surface area contributed by atoms with E-state index >= 15 is 0 Å². The number of rotatable bonds is 4. The largest absolute Gasteiger partial charge is 0.465 e. The summed E-state index contributed by atoms with van der Waals surface area (Å²) in [4.78, 5) is 33.3. The summed E-state index contributed by atoms with van der Waals surface area (Å²) in [7, 11) is 6.33. The van der Waals surface area contributed by atoms with E-state index in [1.54, 1.807) is 44.2 Å². The quantitative estimate of drug-likeness (QED) is 0.656. The molecule has 0 atom stereocenters. The van der Waals surface area contributed by atoms with E-state index in [0.29, 0.717) is 22.2 Å². The van der Waals surface area contributed by atoms with Crippen LogP contribution in [0.1, 0.15) is 20.8 Å². The number of benzene rings is 1. The van der Waals surface area contributed by atoms with Gasteiger partial charge < -0.3 is 14.4 Å². The van der Waals surface area contributed by atoms with Crippen LogP contribution in [0.25, 0.3) is 10.9 Å². The highest BCUT2D eigenvalue weighted by atomic mass is 16.5. The first-order valence-corrected chi connectivity index (χ1v) is 7.66. The zero-order valence-corrected chi connectivity index (χ0v) is 14.8. The average molecular weight is 355 g/mol. The van der Waals surface area contributed by atoms with Gasteiger partial charge in [-0.15, -0.1) is 0 Å². The average Bonchev–Trinajstić information content (AvgIpc) is 3.01. The number of nitrogens with zero attached hydrogens (tertiary/aromatic N) is 5. The maximum atomic E-state index is 11.9. The van der Waals surface area contributed by atoms with E-state index in [-0.39, 0.29) is 17.5 Å². The molecule has 134 valence electrons. The molecule has 2 aromatic heterocycles. The minimum Gasteiger partial charge on any atom is -0.465 e. The lowest BCUT2D eigenvalue weighted by Crippen LogP contribution is -2.22. The van der Waals surface area contributed by atoms with Gasteiger partial charge in [-0.3, -0.25) is 9.48 Å². The molecule has 0 fully saturated rings. The molecule has 3 aromatic rings. The minimum atomic E-state index is -0.500. The van der Waals surface area contributed by atoms with Gasteiger partial charge in [0.1, 0.15) is 11.4 Å². The van der Waals surface area contributed by atoms with E-state index in [1.807, 2.05) is 0 Å². The van der Waals surface area contributed by atoms with Gasteiger partial charge in [0.25, 0.3) is 5.91 Å². The van der Waals surface area contributed by atoms with Crippen LogP contribution in [-0.2, 0) is 11.8 Å². The highest BCUT2D eigenvalue weighted by Gasteiger charge is 2.16. The van der Waals surface area contributed by atoms with Crippen molar-refractivity contribution in [1.29, 1.82) is 0 Å². The highest BCUT2D eigenvalue weighted by molar-refractivity contribution is 5.97. The number of carbonyl (C=O) groups excluding carboxylic acids is 2. The summed E-state index contributed by atoms with van der Waals surface area (Å²) >= 11 is 0. The Balaban J connectivity index is 1.97. The second-order valence-corrected chi connectivity index (χ2v) is 5.74. The number of amides is 1. The molecule has 0 aliphatic carbocycles. The van der Waals surface area contributed by atoms with Crippen LogP contribution in [0, 0.1) is 0 Å². The molecule has 0 bridgehead atoms. The van der Waals surface area contributed by atoms with E-state index in [1.165, 1.54) is 24.4 Å². The Morgan fingerprint density at radius 2 is 1.92 bits per heavy atom. The number of hydrogen-bond donors (Lipinski definition) is 0. The number of aromatic nitrogens is 4. The van der Waals surface area contributed by atoms with E-state index < -0.39 is 5.97 Å². The number of hydrogen-bond acceptors (Lipinski definition) is 7. The lowest BCUT2D eigenvalue weighted by Gasteiger charge is -2.10. The molecule has 3 rings (SSSR count). The number of carbonyl (C=O) groups is 2. The molecule has 1 amide bonds. The Kier molecular flexibility index (Phi) is 4.53. The fraction of sp³-hybridized carbons (Fsp3) is 0.235. The monoisotopic (exact) mass is 355 g/mol. The zero-order chi connectivity index (χ0) is 18.8. The van der Waals surface area contributed by atoms with Crippen LogP contribution >= 0.6 is 0 Å². The van der Waals surface area contributed by atoms with Crippen LogP contribution in [0.15, 0.2) is 30.7 Å². The standard InChI is InChI=1S/C17H17N5O4/c1-21(2)16(23)13-7-19-15(8-18-13)26-14-6-10(17(24)25-4)5-12-11(14)9-22(3)20-12/h5-9H,1-4H3. The molecule has 0 aliphatic heterocycles. The van der Waals surface area contributed by atoms with Gasteiger partial charge in [-0.2, -0.15) is 5.10 Å². The Morgan fingerprint density at radius 1 is 1.15 bits per heavy atom. The van der Waals surface area contributed by atoms with Crippen LogP contribution in [0.2, 0.25) is 0 Å². The van der Waals surface area contributed by atoms with Crippen molar-refractivity contribution in [3.63, 3.8) is 0 Å². The Morgan fingerprint density at radius 3 is 2.54 bits per heavy atom. The lowest BCUT2D eigenvalue weighted by atomic mass is 10.1. The van der Waals surface area contributed by atoms with Gasteiger partial charge in [-0.05, 0) is 12.1 Å². The summed E-state index contributed by atoms with van der Waals surface area (Å²) in [5.41, 5.74) is 1.09. The number of fused-ring (bicyclic) bond motifs is 1. The zero-order valence-electron chi connectivity index (χ0n) is 14.8. The van der Waals surface area contributed by atoms with Gasteiger partial charge in [0, 0.05) is 27.3 Å². The number of ether oxygens (including phenoxy) is 2. The van der Waals surface area contributed by atoms with Crippen LogP contribution in [-0.4, -0.2) is 57.7 Å². The van der Waals surface area contributed by atoms with Crippen molar-refractivity contribution >= 4 is 22.8 Å². The predicted molar refractivity (Wildman–Crippen MR) is 92.2 cm³/mol. The molecule has 0 saturated carbocycles. The van der Waals surface area contributed by atoms with Gasteiger partial charge in [-0.1, -0.05) is 0 Å². The molecule has 9 nitrogen and oxygen atoms in total. The van der Waals surface area contributed by atoms with E-state index in [9.17, 15) is 9.59 Å². The Hall–Kier alpha value is -3.49. The van der Waals surface area contributed by atoms with Crippen molar-refractivity contribution in [2.75, 3.05) is 21.2 Å². The van der Waals surface area contributed by atoms with Crippen LogP contribution in [0.4, 0.5) is 0 Å². The molecule has 1 aromatic carbocycles. The fourth-order valence-electron chi connectivity index (χ4n) is 2.35. The molecular weight excluding hydrogens is 338 g/mol. The second kappa shape index (κ2) is 6.79. The van der Waals surface area contributed by atoms with Crippen molar-refractivity contribution in [2.24, 2.45) is 7.05 Å². The molecular formula is C17H17N5O4. The highest BCUT2D eigenvalue weighted by Crippen LogP contribution is 2.30. The molecule has 26 heavy (non-hydrogen) atoms. The molecule has 0 aliphatic rings. The van der Waals surface area contributed by atoms with E-state index in [0.717, 1.165) is 0 Å². The van der Waals surface area contributed by atoms with Gasteiger partial charge >= 0.3 is 5.97 Å². The van der Waals surface area contributed by atoms with Crippen molar-refractivity contribution < 1.29 is 19.1 Å². The van der Waals surface area contributed by atoms with Crippen molar-refractivity contribution in [2.45, 2.75) is 0 Å². The number of esters is 1. The molecule has 0 N–H and O–H groups in total. The summed E-state index contributed by atoms with van der Waals surface area (Å²) in [5.74, 6) is -0.184. The maximum Gasteiger partial charge on any atom is 0.338 e. The summed E-state index contributed by atoms with van der Waals surface area (Å²) in [6, 6.07) is 3.18. The SMILES string of the molecule is COC(=O)c1cc(Oc2cnc(C(=O)N(C)C)cn2)c2cn(C)nc2c1. The van der Waals surface area contributed by atoms with Crippen molar-refractivity contribution in [3.8, 4) is 11.6 Å². The third kappa shape index (κ3) is 3.32. The van der Waals surface area contributed by atoms with E-state index in [2.05, 4.69) is 15.1 Å². The summed E-state index contributed by atoms with van der Waals surface area (Å²) < 4.78 is 12.2. The summed E-state index contributed by atoms with van der Waals surface area (Å²) in [6.07, 6.45) is 4.45. The minimum absolute atomic E-state index is 0.187. The first-order valence-electron chi connectivity index (χ1n) is 7.66.